The van der Waals surface area contributed by atoms with Crippen molar-refractivity contribution in [3.63, 3.8) is 0 Å². The summed E-state index contributed by atoms with van der Waals surface area (Å²) in [7, 11) is 1.93. The fourth-order valence-electron chi connectivity index (χ4n) is 1.55. The standard InChI is InChI=1S/C11H13BrN2S/c1-3-4-10-14-11-8(13-2)5-7(12)6-9(11)15-10/h5-6,13H,3-4H2,1-2H3. The maximum Gasteiger partial charge on any atom is 0.105 e. The quantitative estimate of drug-likeness (QED) is 0.920. The fraction of sp³-hybridized carbons (Fsp3) is 0.364. The second-order valence-electron chi connectivity index (χ2n) is 3.41. The first kappa shape index (κ1) is 10.9. The van der Waals surface area contributed by atoms with Gasteiger partial charge in [-0.25, -0.2) is 4.98 Å². The second kappa shape index (κ2) is 4.49. The highest BCUT2D eigenvalue weighted by atomic mass is 79.9. The predicted octanol–water partition coefficient (Wildman–Crippen LogP) is 4.05. The Morgan fingerprint density at radius 1 is 1.47 bits per heavy atom. The van der Waals surface area contributed by atoms with Gasteiger partial charge in [0.25, 0.3) is 0 Å². The second-order valence-corrected chi connectivity index (χ2v) is 5.44. The van der Waals surface area contributed by atoms with Crippen molar-refractivity contribution in [2.45, 2.75) is 19.8 Å². The number of aryl methyl sites for hydroxylation is 1. The largest absolute Gasteiger partial charge is 0.386 e. The molecule has 0 unspecified atom stereocenters. The minimum Gasteiger partial charge on any atom is -0.386 e. The third-order valence-corrected chi connectivity index (χ3v) is 3.76. The number of nitrogens with one attached hydrogen (secondary N) is 1. The number of anilines is 1. The molecule has 0 radical (unpaired) electrons. The number of nitrogens with zero attached hydrogens (tertiary/aromatic N) is 1. The molecule has 1 aromatic carbocycles. The van der Waals surface area contributed by atoms with Gasteiger partial charge in [0.1, 0.15) is 5.52 Å². The van der Waals surface area contributed by atoms with Crippen LogP contribution >= 0.6 is 27.3 Å². The number of aromatic nitrogens is 1. The van der Waals surface area contributed by atoms with E-state index in [0.29, 0.717) is 0 Å². The van der Waals surface area contributed by atoms with Gasteiger partial charge in [-0.2, -0.15) is 0 Å². The molecule has 1 aromatic heterocycles. The highest BCUT2D eigenvalue weighted by Crippen LogP contribution is 2.32. The van der Waals surface area contributed by atoms with Crippen LogP contribution < -0.4 is 5.32 Å². The van der Waals surface area contributed by atoms with E-state index in [1.807, 2.05) is 7.05 Å². The van der Waals surface area contributed by atoms with Crippen molar-refractivity contribution in [3.8, 4) is 0 Å². The maximum absolute atomic E-state index is 4.65. The van der Waals surface area contributed by atoms with Gasteiger partial charge in [0.15, 0.2) is 0 Å². The van der Waals surface area contributed by atoms with Crippen LogP contribution in [0, 0.1) is 0 Å². The normalized spacial score (nSPS) is 10.9. The third kappa shape index (κ3) is 2.16. The Kier molecular flexibility index (Phi) is 3.26. The monoisotopic (exact) mass is 284 g/mol. The van der Waals surface area contributed by atoms with Crippen LogP contribution in [0.4, 0.5) is 5.69 Å². The van der Waals surface area contributed by atoms with Gasteiger partial charge >= 0.3 is 0 Å². The van der Waals surface area contributed by atoms with E-state index in [1.54, 1.807) is 11.3 Å². The van der Waals surface area contributed by atoms with E-state index in [1.165, 1.54) is 9.71 Å². The summed E-state index contributed by atoms with van der Waals surface area (Å²) >= 11 is 5.30. The molecular formula is C11H13BrN2S. The van der Waals surface area contributed by atoms with E-state index in [0.717, 1.165) is 28.5 Å². The third-order valence-electron chi connectivity index (χ3n) is 2.24. The Morgan fingerprint density at radius 3 is 2.93 bits per heavy atom. The van der Waals surface area contributed by atoms with E-state index in [4.69, 9.17) is 0 Å². The molecule has 15 heavy (non-hydrogen) atoms. The van der Waals surface area contributed by atoms with Crippen LogP contribution in [0.1, 0.15) is 18.4 Å². The van der Waals surface area contributed by atoms with Crippen LogP contribution in [0.2, 0.25) is 0 Å². The van der Waals surface area contributed by atoms with Crippen molar-refractivity contribution >= 4 is 43.2 Å². The van der Waals surface area contributed by atoms with E-state index in [-0.39, 0.29) is 0 Å². The molecule has 0 amide bonds. The first-order valence-corrected chi connectivity index (χ1v) is 6.62. The average Bonchev–Trinajstić information content (AvgIpc) is 2.59. The molecule has 0 aliphatic heterocycles. The summed E-state index contributed by atoms with van der Waals surface area (Å²) in [5.74, 6) is 0. The Bertz CT molecular complexity index is 479. The van der Waals surface area contributed by atoms with Crippen molar-refractivity contribution in [1.29, 1.82) is 0 Å². The zero-order valence-corrected chi connectivity index (χ0v) is 11.2. The Labute approximate surface area is 102 Å². The number of benzene rings is 1. The van der Waals surface area contributed by atoms with Gasteiger partial charge in [-0.15, -0.1) is 11.3 Å². The number of hydrogen-bond acceptors (Lipinski definition) is 3. The first-order chi connectivity index (χ1) is 7.24. The molecule has 2 rings (SSSR count). The summed E-state index contributed by atoms with van der Waals surface area (Å²) in [6, 6.07) is 4.20. The lowest BCUT2D eigenvalue weighted by molar-refractivity contribution is 0.913. The van der Waals surface area contributed by atoms with Crippen LogP contribution in [0.3, 0.4) is 0 Å². The summed E-state index contributed by atoms with van der Waals surface area (Å²) in [6.07, 6.45) is 2.22. The fourth-order valence-corrected chi connectivity index (χ4v) is 3.30. The van der Waals surface area contributed by atoms with Crippen molar-refractivity contribution < 1.29 is 0 Å². The van der Waals surface area contributed by atoms with E-state index < -0.39 is 0 Å². The lowest BCUT2D eigenvalue weighted by Gasteiger charge is -2.01. The van der Waals surface area contributed by atoms with Gasteiger partial charge < -0.3 is 5.32 Å². The Hall–Kier alpha value is -0.610. The Balaban J connectivity index is 2.58. The minimum atomic E-state index is 1.07. The molecule has 0 saturated carbocycles. The van der Waals surface area contributed by atoms with E-state index >= 15 is 0 Å². The predicted molar refractivity (Wildman–Crippen MR) is 70.9 cm³/mol. The molecule has 2 aromatic rings. The van der Waals surface area contributed by atoms with Crippen molar-refractivity contribution in [2.75, 3.05) is 12.4 Å². The zero-order valence-electron chi connectivity index (χ0n) is 8.80. The molecule has 80 valence electrons. The lowest BCUT2D eigenvalue weighted by atomic mass is 10.3. The molecular weight excluding hydrogens is 272 g/mol. The topological polar surface area (TPSA) is 24.9 Å². The van der Waals surface area contributed by atoms with Crippen molar-refractivity contribution in [2.24, 2.45) is 0 Å². The molecule has 0 aliphatic carbocycles. The van der Waals surface area contributed by atoms with Crippen LogP contribution in [0.5, 0.6) is 0 Å². The maximum atomic E-state index is 4.65. The van der Waals surface area contributed by atoms with Gasteiger partial charge in [-0.3, -0.25) is 0 Å². The number of hydrogen-bond donors (Lipinski definition) is 1. The van der Waals surface area contributed by atoms with Gasteiger partial charge in [0.05, 0.1) is 15.4 Å². The summed E-state index contributed by atoms with van der Waals surface area (Å²) in [5, 5.41) is 4.40. The molecule has 2 nitrogen and oxygen atoms in total. The van der Waals surface area contributed by atoms with Crippen molar-refractivity contribution in [3.05, 3.63) is 21.6 Å². The van der Waals surface area contributed by atoms with Crippen LogP contribution in [-0.4, -0.2) is 12.0 Å². The Morgan fingerprint density at radius 2 is 2.27 bits per heavy atom. The van der Waals surface area contributed by atoms with Crippen LogP contribution in [-0.2, 0) is 6.42 Å². The summed E-state index contributed by atoms with van der Waals surface area (Å²) < 4.78 is 2.35. The molecule has 4 heteroatoms. The zero-order chi connectivity index (χ0) is 10.8. The molecule has 0 atom stereocenters. The number of halogens is 1. The summed E-state index contributed by atoms with van der Waals surface area (Å²) in [4.78, 5) is 4.65. The van der Waals surface area contributed by atoms with Crippen LogP contribution in [0.25, 0.3) is 10.2 Å². The molecule has 0 spiro atoms. The highest BCUT2D eigenvalue weighted by molar-refractivity contribution is 9.10. The summed E-state index contributed by atoms with van der Waals surface area (Å²) in [6.45, 7) is 2.18. The summed E-state index contributed by atoms with van der Waals surface area (Å²) in [5.41, 5.74) is 2.19. The minimum absolute atomic E-state index is 1.07. The molecule has 1 heterocycles. The number of thiazole rings is 1. The molecule has 0 bridgehead atoms. The van der Waals surface area contributed by atoms with Gasteiger partial charge in [0.2, 0.25) is 0 Å². The van der Waals surface area contributed by atoms with Gasteiger partial charge in [-0.1, -0.05) is 22.9 Å². The first-order valence-electron chi connectivity index (χ1n) is 5.01. The number of rotatable bonds is 3. The number of fused-ring (bicyclic) bond motifs is 1. The molecule has 1 N–H and O–H groups in total. The van der Waals surface area contributed by atoms with E-state index in [2.05, 4.69) is 45.3 Å². The van der Waals surface area contributed by atoms with Gasteiger partial charge in [0, 0.05) is 11.5 Å². The van der Waals surface area contributed by atoms with Crippen molar-refractivity contribution in [1.82, 2.24) is 4.98 Å². The lowest BCUT2D eigenvalue weighted by Crippen LogP contribution is -1.89. The molecule has 0 fully saturated rings. The molecule has 0 aliphatic rings. The SMILES string of the molecule is CCCc1nc2c(NC)cc(Br)cc2s1. The highest BCUT2D eigenvalue weighted by Gasteiger charge is 2.08. The average molecular weight is 285 g/mol. The van der Waals surface area contributed by atoms with E-state index in [9.17, 15) is 0 Å². The van der Waals surface area contributed by atoms with Gasteiger partial charge in [-0.05, 0) is 25.0 Å². The molecule has 0 saturated heterocycles. The van der Waals surface area contributed by atoms with Crippen LogP contribution in [0.15, 0.2) is 16.6 Å². The smallest absolute Gasteiger partial charge is 0.105 e.